The Hall–Kier alpha value is -1.93. The predicted molar refractivity (Wildman–Crippen MR) is 90.3 cm³/mol. The summed E-state index contributed by atoms with van der Waals surface area (Å²) >= 11 is 0. The molecule has 2 unspecified atom stereocenters. The molecule has 0 aromatic heterocycles. The molecule has 1 aliphatic carbocycles. The number of halogens is 1. The number of allylic oxidation sites excluding steroid dienone is 2. The Kier molecular flexibility index (Phi) is 4.01. The highest BCUT2D eigenvalue weighted by Gasteiger charge is 2.49. The van der Waals surface area contributed by atoms with Gasteiger partial charge in [-0.15, -0.1) is 0 Å². The number of nitriles is 1. The van der Waals surface area contributed by atoms with Crippen LogP contribution in [0.4, 0.5) is 4.39 Å². The van der Waals surface area contributed by atoms with E-state index in [1.165, 1.54) is 0 Å². The molecule has 0 amide bonds. The number of ether oxygens (including phenoxy) is 1. The maximum Gasteiger partial charge on any atom is 0.213 e. The molecule has 4 nitrogen and oxygen atoms in total. The molecule has 3 heterocycles. The molecule has 0 aromatic carbocycles. The van der Waals surface area contributed by atoms with E-state index in [0.717, 1.165) is 25.0 Å². The first-order chi connectivity index (χ1) is 11.7. The number of hydrogen-bond donors (Lipinski definition) is 0. The summed E-state index contributed by atoms with van der Waals surface area (Å²) in [6, 6.07) is 2.24. The molecule has 2 fully saturated rings. The second kappa shape index (κ2) is 6.18. The Morgan fingerprint density at radius 2 is 2.29 bits per heavy atom. The Morgan fingerprint density at radius 1 is 1.42 bits per heavy atom. The van der Waals surface area contributed by atoms with Gasteiger partial charge in [-0.25, -0.2) is 9.38 Å². The molecule has 5 heteroatoms. The standard InChI is InChI=1S/C19H22FN3O/c20-16-11-19(7-3-9-23(19)12-16)13-24-18-15(6-8-21)10-14-4-1-2-5-17(14)22-18/h1-2,4-5,10,14,16-17H,3,6-7,9,11-13H2/t14?,16-,17?,19+/m1/s1. The average molecular weight is 327 g/mol. The summed E-state index contributed by atoms with van der Waals surface area (Å²) in [5.41, 5.74) is 0.674. The van der Waals surface area contributed by atoms with Crippen molar-refractivity contribution in [3.8, 4) is 6.07 Å². The normalized spacial score (nSPS) is 37.4. The third-order valence-electron chi connectivity index (χ3n) is 5.59. The first-order valence-corrected chi connectivity index (χ1v) is 8.73. The zero-order valence-electron chi connectivity index (χ0n) is 13.7. The van der Waals surface area contributed by atoms with Crippen LogP contribution in [0.1, 0.15) is 25.7 Å². The minimum atomic E-state index is -0.757. The van der Waals surface area contributed by atoms with Crippen LogP contribution >= 0.6 is 0 Å². The van der Waals surface area contributed by atoms with Gasteiger partial charge in [0.1, 0.15) is 12.8 Å². The van der Waals surface area contributed by atoms with Crippen molar-refractivity contribution >= 4 is 5.90 Å². The van der Waals surface area contributed by atoms with E-state index in [2.05, 4.69) is 29.2 Å². The minimum absolute atomic E-state index is 0.0436. The van der Waals surface area contributed by atoms with E-state index in [-0.39, 0.29) is 17.5 Å². The first-order valence-electron chi connectivity index (χ1n) is 8.73. The summed E-state index contributed by atoms with van der Waals surface area (Å²) in [7, 11) is 0. The molecule has 0 spiro atoms. The largest absolute Gasteiger partial charge is 0.476 e. The van der Waals surface area contributed by atoms with E-state index in [1.807, 2.05) is 12.2 Å². The van der Waals surface area contributed by atoms with Gasteiger partial charge in [0.2, 0.25) is 5.90 Å². The molecule has 0 bridgehead atoms. The maximum atomic E-state index is 13.9. The van der Waals surface area contributed by atoms with Gasteiger partial charge in [0.05, 0.1) is 24.1 Å². The molecule has 0 aromatic rings. The van der Waals surface area contributed by atoms with Crippen molar-refractivity contribution in [2.45, 2.75) is 43.4 Å². The highest BCUT2D eigenvalue weighted by molar-refractivity contribution is 5.95. The van der Waals surface area contributed by atoms with E-state index in [1.54, 1.807) is 0 Å². The van der Waals surface area contributed by atoms with Crippen LogP contribution in [0.25, 0.3) is 0 Å². The molecule has 0 N–H and O–H groups in total. The van der Waals surface area contributed by atoms with E-state index >= 15 is 0 Å². The van der Waals surface area contributed by atoms with Crippen LogP contribution in [0.2, 0.25) is 0 Å². The summed E-state index contributed by atoms with van der Waals surface area (Å²) in [5.74, 6) is 0.773. The van der Waals surface area contributed by atoms with Gasteiger partial charge in [-0.05, 0) is 19.4 Å². The lowest BCUT2D eigenvalue weighted by Crippen LogP contribution is -2.43. The van der Waals surface area contributed by atoms with Gasteiger partial charge in [0, 0.05) is 24.5 Å². The number of dihydropyridines is 1. The molecule has 24 heavy (non-hydrogen) atoms. The molecule has 4 atom stereocenters. The fourth-order valence-electron chi connectivity index (χ4n) is 4.42. The van der Waals surface area contributed by atoms with Gasteiger partial charge in [0.15, 0.2) is 0 Å². The molecule has 126 valence electrons. The monoisotopic (exact) mass is 327 g/mol. The fourth-order valence-corrected chi connectivity index (χ4v) is 4.42. The number of nitrogens with zero attached hydrogens (tertiary/aromatic N) is 3. The van der Waals surface area contributed by atoms with E-state index in [9.17, 15) is 4.39 Å². The maximum absolute atomic E-state index is 13.9. The van der Waals surface area contributed by atoms with Crippen LogP contribution in [0.15, 0.2) is 40.9 Å². The molecule has 4 rings (SSSR count). The molecule has 0 saturated carbocycles. The summed E-state index contributed by atoms with van der Waals surface area (Å²) < 4.78 is 20.0. The van der Waals surface area contributed by atoms with Crippen LogP contribution in [-0.4, -0.2) is 48.2 Å². The second-order valence-corrected chi connectivity index (χ2v) is 7.16. The van der Waals surface area contributed by atoms with Gasteiger partial charge < -0.3 is 4.74 Å². The Balaban J connectivity index is 1.51. The van der Waals surface area contributed by atoms with Crippen LogP contribution in [-0.2, 0) is 4.74 Å². The van der Waals surface area contributed by atoms with Gasteiger partial charge in [-0.1, -0.05) is 30.4 Å². The van der Waals surface area contributed by atoms with Crippen molar-refractivity contribution in [1.29, 1.82) is 5.26 Å². The molecule has 2 saturated heterocycles. The summed E-state index contributed by atoms with van der Waals surface area (Å²) in [4.78, 5) is 6.96. The quantitative estimate of drug-likeness (QED) is 0.801. The minimum Gasteiger partial charge on any atom is -0.476 e. The SMILES string of the molecule is N#CCC1=CC2C=CC=CC2N=C1OC[C@@]12CCCN1C[C@H](F)C2. The predicted octanol–water partition coefficient (Wildman–Crippen LogP) is 2.94. The van der Waals surface area contributed by atoms with Crippen LogP contribution in [0.3, 0.4) is 0 Å². The zero-order valence-corrected chi connectivity index (χ0v) is 13.7. The summed E-state index contributed by atoms with van der Waals surface area (Å²) in [6.07, 6.45) is 12.4. The van der Waals surface area contributed by atoms with Gasteiger partial charge in [-0.2, -0.15) is 5.26 Å². The lowest BCUT2D eigenvalue weighted by atomic mass is 9.90. The second-order valence-electron chi connectivity index (χ2n) is 7.16. The van der Waals surface area contributed by atoms with E-state index < -0.39 is 6.17 Å². The Bertz CT molecular complexity index is 675. The van der Waals surface area contributed by atoms with Crippen molar-refractivity contribution in [2.75, 3.05) is 19.7 Å². The lowest BCUT2D eigenvalue weighted by molar-refractivity contribution is 0.106. The summed E-state index contributed by atoms with van der Waals surface area (Å²) in [5, 5.41) is 9.10. The van der Waals surface area contributed by atoms with Crippen LogP contribution in [0.5, 0.6) is 0 Å². The van der Waals surface area contributed by atoms with Crippen molar-refractivity contribution in [3.63, 3.8) is 0 Å². The summed E-state index contributed by atoms with van der Waals surface area (Å²) in [6.45, 7) is 1.94. The van der Waals surface area contributed by atoms with Crippen molar-refractivity contribution in [3.05, 3.63) is 36.0 Å². The number of aliphatic imine (C=N–C) groups is 1. The number of hydrogen-bond acceptors (Lipinski definition) is 4. The highest BCUT2D eigenvalue weighted by atomic mass is 19.1. The fraction of sp³-hybridized carbons (Fsp3) is 0.579. The molecule has 3 aliphatic heterocycles. The average Bonchev–Trinajstić information content (AvgIpc) is 3.09. The Morgan fingerprint density at radius 3 is 3.17 bits per heavy atom. The molecule has 4 aliphatic rings. The van der Waals surface area contributed by atoms with Gasteiger partial charge in [-0.3, -0.25) is 4.90 Å². The molecule has 0 radical (unpaired) electrons. The van der Waals surface area contributed by atoms with Crippen LogP contribution in [0, 0.1) is 17.2 Å². The van der Waals surface area contributed by atoms with E-state index in [0.29, 0.717) is 31.9 Å². The van der Waals surface area contributed by atoms with Crippen molar-refractivity contribution in [2.24, 2.45) is 10.9 Å². The first kappa shape index (κ1) is 15.6. The third-order valence-corrected chi connectivity index (χ3v) is 5.59. The number of rotatable bonds is 3. The molecular formula is C19H22FN3O. The zero-order chi connectivity index (χ0) is 16.6. The third kappa shape index (κ3) is 2.69. The highest BCUT2D eigenvalue weighted by Crippen LogP contribution is 2.40. The number of alkyl halides is 1. The van der Waals surface area contributed by atoms with E-state index in [4.69, 9.17) is 15.0 Å². The topological polar surface area (TPSA) is 48.6 Å². The van der Waals surface area contributed by atoms with Crippen LogP contribution < -0.4 is 0 Å². The Labute approximate surface area is 142 Å². The lowest BCUT2D eigenvalue weighted by Gasteiger charge is -2.33. The van der Waals surface area contributed by atoms with Gasteiger partial charge in [0.25, 0.3) is 0 Å². The molecular weight excluding hydrogens is 305 g/mol. The number of fused-ring (bicyclic) bond motifs is 2. The smallest absolute Gasteiger partial charge is 0.213 e. The van der Waals surface area contributed by atoms with Crippen molar-refractivity contribution < 1.29 is 9.13 Å². The van der Waals surface area contributed by atoms with Crippen molar-refractivity contribution in [1.82, 2.24) is 4.90 Å². The van der Waals surface area contributed by atoms with Gasteiger partial charge >= 0.3 is 0 Å².